The fraction of sp³-hybridized carbons (Fsp3) is 0.533. The molecule has 112 valence electrons. The molecule has 0 saturated heterocycles. The Balaban J connectivity index is 1.96. The summed E-state index contributed by atoms with van der Waals surface area (Å²) in [6.07, 6.45) is 11.0. The van der Waals surface area contributed by atoms with Gasteiger partial charge in [0.1, 0.15) is 4.60 Å². The molecule has 2 rings (SSSR count). The van der Waals surface area contributed by atoms with Crippen LogP contribution in [0.25, 0.3) is 10.9 Å². The van der Waals surface area contributed by atoms with Crippen LogP contribution in [0, 0.1) is 0 Å². The first-order chi connectivity index (χ1) is 9.37. The molecule has 0 aromatic carbocycles. The van der Waals surface area contributed by atoms with E-state index in [1.165, 1.54) is 16.7 Å². The highest BCUT2D eigenvalue weighted by atomic mass is 79.9. The minimum absolute atomic E-state index is 0.377. The monoisotopic (exact) mass is 358 g/mol. The maximum Gasteiger partial charge on any atom is 0.108 e. The minimum atomic E-state index is -0.462. The Labute approximate surface area is 131 Å². The van der Waals surface area contributed by atoms with E-state index in [2.05, 4.69) is 57.8 Å². The Morgan fingerprint density at radius 3 is 2.85 bits per heavy atom. The summed E-state index contributed by atoms with van der Waals surface area (Å²) in [5.74, 6) is 1.55. The summed E-state index contributed by atoms with van der Waals surface area (Å²) in [4.78, 5) is 7.61. The zero-order valence-corrected chi connectivity index (χ0v) is 15.0. The molecule has 0 saturated carbocycles. The number of rotatable bonds is 6. The van der Waals surface area contributed by atoms with Gasteiger partial charge in [-0.25, -0.2) is 15.0 Å². The Kier molecular flexibility index (Phi) is 5.15. The summed E-state index contributed by atoms with van der Waals surface area (Å²) < 4.78 is 6.70. The van der Waals surface area contributed by atoms with E-state index in [1.54, 1.807) is 0 Å². The molecule has 2 aromatic rings. The standard InChI is InChI=1S/C15H23BrN2OS/c1-11(10-19-5-6-20(2,3)4)12-8-17-14-7-15(16)18-9-13(12)14/h7-9,11,17H,5-6,10H2,1-4H3. The van der Waals surface area contributed by atoms with Gasteiger partial charge in [-0.1, -0.05) is 6.92 Å². The number of aromatic nitrogens is 2. The second kappa shape index (κ2) is 6.50. The number of hydrogen-bond donors (Lipinski definition) is 1. The van der Waals surface area contributed by atoms with E-state index in [-0.39, 0.29) is 0 Å². The third-order valence-corrected chi connectivity index (χ3v) is 5.13. The van der Waals surface area contributed by atoms with Gasteiger partial charge < -0.3 is 9.72 Å². The first kappa shape index (κ1) is 15.9. The van der Waals surface area contributed by atoms with E-state index in [9.17, 15) is 0 Å². The van der Waals surface area contributed by atoms with Crippen molar-refractivity contribution in [1.82, 2.24) is 9.97 Å². The van der Waals surface area contributed by atoms with Crippen LogP contribution in [0.15, 0.2) is 23.1 Å². The number of nitrogens with one attached hydrogen (secondary N) is 1. The van der Waals surface area contributed by atoms with Crippen LogP contribution in [0.4, 0.5) is 0 Å². The van der Waals surface area contributed by atoms with Crippen LogP contribution in [0.1, 0.15) is 18.4 Å². The normalized spacial score (nSPS) is 14.7. The summed E-state index contributed by atoms with van der Waals surface area (Å²) in [5.41, 5.74) is 2.40. The van der Waals surface area contributed by atoms with Crippen molar-refractivity contribution in [3.63, 3.8) is 0 Å². The molecular formula is C15H23BrN2OS. The molecular weight excluding hydrogens is 336 g/mol. The van der Waals surface area contributed by atoms with Crippen LogP contribution in [-0.2, 0) is 4.74 Å². The van der Waals surface area contributed by atoms with Crippen LogP contribution in [0.3, 0.4) is 0 Å². The molecule has 0 bridgehead atoms. The SMILES string of the molecule is CC(COCCS(C)(C)C)c1c[nH]c2cc(Br)ncc12. The second-order valence-electron chi connectivity index (χ2n) is 6.07. The smallest absolute Gasteiger partial charge is 0.108 e. The lowest BCUT2D eigenvalue weighted by Crippen LogP contribution is -2.10. The van der Waals surface area contributed by atoms with Crippen molar-refractivity contribution in [1.29, 1.82) is 0 Å². The van der Waals surface area contributed by atoms with Gasteiger partial charge in [0.15, 0.2) is 0 Å². The van der Waals surface area contributed by atoms with Gasteiger partial charge in [-0.2, -0.15) is 0 Å². The third kappa shape index (κ3) is 4.24. The summed E-state index contributed by atoms with van der Waals surface area (Å²) in [6, 6.07) is 2.01. The largest absolute Gasteiger partial charge is 0.380 e. The number of ether oxygens (including phenoxy) is 1. The van der Waals surface area contributed by atoms with Gasteiger partial charge in [0.25, 0.3) is 0 Å². The van der Waals surface area contributed by atoms with E-state index in [1.807, 2.05) is 12.3 Å². The van der Waals surface area contributed by atoms with Gasteiger partial charge in [0, 0.05) is 35.0 Å². The molecule has 1 unspecified atom stereocenters. The lowest BCUT2D eigenvalue weighted by Gasteiger charge is -2.25. The van der Waals surface area contributed by atoms with Gasteiger partial charge in [0.2, 0.25) is 0 Å². The van der Waals surface area contributed by atoms with Crippen molar-refractivity contribution in [2.45, 2.75) is 12.8 Å². The van der Waals surface area contributed by atoms with Gasteiger partial charge in [0.05, 0.1) is 13.2 Å². The van der Waals surface area contributed by atoms with Gasteiger partial charge >= 0.3 is 0 Å². The summed E-state index contributed by atoms with van der Waals surface area (Å²) in [7, 11) is -0.462. The fourth-order valence-corrected chi connectivity index (χ4v) is 3.03. The summed E-state index contributed by atoms with van der Waals surface area (Å²) in [5, 5.41) is 1.19. The molecule has 0 amide bonds. The number of nitrogens with zero attached hydrogens (tertiary/aromatic N) is 1. The molecule has 2 aromatic heterocycles. The average molecular weight is 359 g/mol. The van der Waals surface area contributed by atoms with Crippen LogP contribution in [0.2, 0.25) is 0 Å². The number of H-pyrrole nitrogens is 1. The molecule has 0 radical (unpaired) electrons. The molecule has 0 fully saturated rings. The molecule has 2 heterocycles. The van der Waals surface area contributed by atoms with Crippen LogP contribution < -0.4 is 0 Å². The van der Waals surface area contributed by atoms with Gasteiger partial charge in [-0.15, -0.1) is 0 Å². The Bertz CT molecular complexity index is 577. The van der Waals surface area contributed by atoms with Crippen molar-refractivity contribution >= 4 is 36.9 Å². The highest BCUT2D eigenvalue weighted by Crippen LogP contribution is 2.33. The Hall–Kier alpha value is -0.520. The van der Waals surface area contributed by atoms with Crippen LogP contribution in [0.5, 0.6) is 0 Å². The predicted molar refractivity (Wildman–Crippen MR) is 93.3 cm³/mol. The fourth-order valence-electron chi connectivity index (χ4n) is 2.08. The number of aromatic amines is 1. The maximum absolute atomic E-state index is 5.85. The van der Waals surface area contributed by atoms with E-state index in [0.29, 0.717) is 5.92 Å². The van der Waals surface area contributed by atoms with Crippen LogP contribution >= 0.6 is 26.0 Å². The molecule has 0 aliphatic rings. The number of pyridine rings is 1. The first-order valence-electron chi connectivity index (χ1n) is 6.73. The van der Waals surface area contributed by atoms with Crippen molar-refractivity contribution < 1.29 is 4.74 Å². The van der Waals surface area contributed by atoms with Crippen molar-refractivity contribution in [2.75, 3.05) is 37.7 Å². The lowest BCUT2D eigenvalue weighted by molar-refractivity contribution is 0.138. The Morgan fingerprint density at radius 2 is 2.15 bits per heavy atom. The van der Waals surface area contributed by atoms with Crippen molar-refractivity contribution in [3.05, 3.63) is 28.6 Å². The number of halogens is 1. The molecule has 20 heavy (non-hydrogen) atoms. The molecule has 0 spiro atoms. The molecule has 1 N–H and O–H groups in total. The molecule has 5 heteroatoms. The summed E-state index contributed by atoms with van der Waals surface area (Å²) >= 11 is 3.40. The number of hydrogen-bond acceptors (Lipinski definition) is 2. The van der Waals surface area contributed by atoms with E-state index < -0.39 is 10.0 Å². The highest BCUT2D eigenvalue weighted by Gasteiger charge is 2.12. The maximum atomic E-state index is 5.85. The first-order valence-corrected chi connectivity index (χ1v) is 10.5. The predicted octanol–water partition coefficient (Wildman–Crippen LogP) is 4.14. The minimum Gasteiger partial charge on any atom is -0.380 e. The average Bonchev–Trinajstić information content (AvgIpc) is 2.76. The Morgan fingerprint density at radius 1 is 1.40 bits per heavy atom. The van der Waals surface area contributed by atoms with E-state index in [4.69, 9.17) is 4.74 Å². The zero-order chi connectivity index (χ0) is 14.8. The van der Waals surface area contributed by atoms with Crippen molar-refractivity contribution in [2.24, 2.45) is 0 Å². The van der Waals surface area contributed by atoms with Crippen LogP contribution in [-0.4, -0.2) is 47.7 Å². The molecule has 1 atom stereocenters. The lowest BCUT2D eigenvalue weighted by atomic mass is 10.0. The van der Waals surface area contributed by atoms with E-state index >= 15 is 0 Å². The topological polar surface area (TPSA) is 37.9 Å². The highest BCUT2D eigenvalue weighted by molar-refractivity contribution is 9.10. The molecule has 3 nitrogen and oxygen atoms in total. The van der Waals surface area contributed by atoms with Gasteiger partial charge in [-0.05, 0) is 46.3 Å². The number of fused-ring (bicyclic) bond motifs is 1. The zero-order valence-electron chi connectivity index (χ0n) is 12.6. The van der Waals surface area contributed by atoms with E-state index in [0.717, 1.165) is 23.3 Å². The van der Waals surface area contributed by atoms with Gasteiger partial charge in [-0.3, -0.25) is 0 Å². The molecule has 0 aliphatic carbocycles. The quantitative estimate of drug-likeness (QED) is 0.622. The van der Waals surface area contributed by atoms with Crippen molar-refractivity contribution in [3.8, 4) is 0 Å². The third-order valence-electron chi connectivity index (χ3n) is 3.30. The molecule has 0 aliphatic heterocycles. The summed E-state index contributed by atoms with van der Waals surface area (Å²) in [6.45, 7) is 3.82. The second-order valence-corrected chi connectivity index (χ2v) is 11.5.